The Hall–Kier alpha value is -5.41. The molecule has 14 nitrogen and oxygen atoms in total. The number of anilines is 2. The van der Waals surface area contributed by atoms with Crippen molar-refractivity contribution in [1.29, 1.82) is 0 Å². The molecule has 1 unspecified atom stereocenters. The molecule has 2 atom stereocenters. The van der Waals surface area contributed by atoms with Crippen molar-refractivity contribution in [3.05, 3.63) is 100.0 Å². The van der Waals surface area contributed by atoms with Crippen molar-refractivity contribution in [1.82, 2.24) is 9.88 Å². The Kier molecular flexibility index (Phi) is 11.2. The van der Waals surface area contributed by atoms with Gasteiger partial charge < -0.3 is 34.5 Å². The molecule has 0 saturated heterocycles. The molecule has 0 spiro atoms. The number of ether oxygens (including phenoxy) is 3. The van der Waals surface area contributed by atoms with Crippen LogP contribution in [0.25, 0.3) is 10.8 Å². The minimum atomic E-state index is -3.63. The Morgan fingerprint density at radius 3 is 2.29 bits per heavy atom. The van der Waals surface area contributed by atoms with Gasteiger partial charge in [0, 0.05) is 37.1 Å². The molecule has 0 radical (unpaired) electrons. The summed E-state index contributed by atoms with van der Waals surface area (Å²) < 4.78 is 42.8. The molecule has 1 aromatic heterocycles. The molecular weight excluding hydrogens is 692 g/mol. The number of hydrogen-bond acceptors (Lipinski definition) is 10. The molecule has 0 bridgehead atoms. The first-order chi connectivity index (χ1) is 24.5. The SMILES string of the molecule is CO[C@@H](COC(=O)Nc1ccc(S(=O)(=O)C2CC2)c(CN(C)C(=O)OC(C)(C)C)c1)c1ccc(C(Nc2ccc3cc[nH]c(=O)c3c2)C(=O)O)cc1. The zero-order valence-electron chi connectivity index (χ0n) is 29.5. The third kappa shape index (κ3) is 9.27. The molecule has 1 aliphatic carbocycles. The number of hydrogen-bond donors (Lipinski definition) is 4. The number of H-pyrrole nitrogens is 1. The molecule has 52 heavy (non-hydrogen) atoms. The van der Waals surface area contributed by atoms with Crippen molar-refractivity contribution in [2.45, 2.75) is 68.0 Å². The summed E-state index contributed by atoms with van der Waals surface area (Å²) in [7, 11) is -0.691. The van der Waals surface area contributed by atoms with Crippen LogP contribution in [0.1, 0.15) is 62.4 Å². The van der Waals surface area contributed by atoms with Crippen molar-refractivity contribution in [3.63, 3.8) is 0 Å². The summed E-state index contributed by atoms with van der Waals surface area (Å²) in [5.41, 5.74) is 1.05. The second-order valence-electron chi connectivity index (χ2n) is 13.5. The summed E-state index contributed by atoms with van der Waals surface area (Å²) in [5, 5.41) is 16.2. The predicted molar refractivity (Wildman–Crippen MR) is 194 cm³/mol. The number of benzene rings is 3. The molecule has 1 saturated carbocycles. The number of rotatable bonds is 13. The van der Waals surface area contributed by atoms with Crippen molar-refractivity contribution in [2.75, 3.05) is 31.4 Å². The number of fused-ring (bicyclic) bond motifs is 1. The summed E-state index contributed by atoms with van der Waals surface area (Å²) in [6, 6.07) is 16.6. The molecular formula is C37H42N4O10S. The zero-order valence-corrected chi connectivity index (χ0v) is 30.3. The van der Waals surface area contributed by atoms with Gasteiger partial charge in [0.1, 0.15) is 18.3 Å². The van der Waals surface area contributed by atoms with Crippen LogP contribution in [0.3, 0.4) is 0 Å². The van der Waals surface area contributed by atoms with E-state index in [-0.39, 0.29) is 29.3 Å². The fourth-order valence-corrected chi connectivity index (χ4v) is 7.37. The highest BCUT2D eigenvalue weighted by atomic mass is 32.2. The van der Waals surface area contributed by atoms with Crippen LogP contribution in [0.4, 0.5) is 21.0 Å². The number of pyridine rings is 1. The van der Waals surface area contributed by atoms with E-state index in [9.17, 15) is 32.7 Å². The van der Waals surface area contributed by atoms with Gasteiger partial charge in [0.25, 0.3) is 5.56 Å². The third-order valence-corrected chi connectivity index (χ3v) is 10.7. The van der Waals surface area contributed by atoms with Crippen molar-refractivity contribution in [2.24, 2.45) is 0 Å². The van der Waals surface area contributed by atoms with Crippen LogP contribution in [0.2, 0.25) is 0 Å². The number of nitrogens with zero attached hydrogens (tertiary/aromatic N) is 1. The van der Waals surface area contributed by atoms with Gasteiger partial charge in [-0.15, -0.1) is 0 Å². The minimum Gasteiger partial charge on any atom is -0.479 e. The largest absolute Gasteiger partial charge is 0.479 e. The molecule has 0 aliphatic heterocycles. The maximum atomic E-state index is 13.2. The van der Waals surface area contributed by atoms with Crippen molar-refractivity contribution >= 4 is 50.1 Å². The molecule has 3 aromatic carbocycles. The van der Waals surface area contributed by atoms with Gasteiger partial charge in [0.15, 0.2) is 15.9 Å². The minimum absolute atomic E-state index is 0.0805. The molecule has 4 aromatic rings. The molecule has 1 heterocycles. The normalized spacial score (nSPS) is 14.2. The highest BCUT2D eigenvalue weighted by molar-refractivity contribution is 7.92. The van der Waals surface area contributed by atoms with Crippen LogP contribution in [-0.2, 0) is 35.4 Å². The maximum absolute atomic E-state index is 13.2. The standard InChI is InChI=1S/C37H42N4O10S/c1-37(2,3)51-36(46)41(4)20-25-18-26(12-15-31(25)52(47,48)28-13-14-28)40-35(45)50-21-30(49-5)23-6-8-24(9-7-23)32(34(43)44)39-27-11-10-22-16-17-38-33(42)29(22)19-27/h6-12,15-19,28,30,32,39H,13-14,20-21H2,1-5H3,(H,38,42)(H,40,45)(H,43,44)/t30-,32?/m0/s1. The van der Waals surface area contributed by atoms with Crippen LogP contribution in [0.15, 0.2) is 82.6 Å². The fraction of sp³-hybridized carbons (Fsp3) is 0.351. The van der Waals surface area contributed by atoms with E-state index in [1.54, 1.807) is 75.5 Å². The van der Waals surface area contributed by atoms with E-state index in [4.69, 9.17) is 14.2 Å². The lowest BCUT2D eigenvalue weighted by molar-refractivity contribution is -0.138. The number of aliphatic carboxylic acids is 1. The summed E-state index contributed by atoms with van der Waals surface area (Å²) in [4.78, 5) is 53.9. The number of nitrogens with one attached hydrogen (secondary N) is 3. The van der Waals surface area contributed by atoms with Crippen LogP contribution >= 0.6 is 0 Å². The van der Waals surface area contributed by atoms with Gasteiger partial charge in [-0.05, 0) is 92.1 Å². The zero-order chi connectivity index (χ0) is 37.8. The number of sulfone groups is 1. The Bertz CT molecular complexity index is 2120. The molecule has 1 fully saturated rings. The Morgan fingerprint density at radius 2 is 1.65 bits per heavy atom. The van der Waals surface area contributed by atoms with Gasteiger partial charge in [-0.1, -0.05) is 30.3 Å². The van der Waals surface area contributed by atoms with Gasteiger partial charge in [0.2, 0.25) is 0 Å². The van der Waals surface area contributed by atoms with Crippen LogP contribution in [0, 0.1) is 0 Å². The number of amides is 2. The summed E-state index contributed by atoms with van der Waals surface area (Å²) >= 11 is 0. The van der Waals surface area contributed by atoms with E-state index in [0.717, 1.165) is 5.39 Å². The van der Waals surface area contributed by atoms with Gasteiger partial charge in [-0.2, -0.15) is 0 Å². The van der Waals surface area contributed by atoms with E-state index >= 15 is 0 Å². The molecule has 5 rings (SSSR count). The third-order valence-electron chi connectivity index (χ3n) is 8.31. The Balaban J connectivity index is 1.24. The number of carboxylic acids is 1. The first-order valence-corrected chi connectivity index (χ1v) is 18.1. The van der Waals surface area contributed by atoms with Gasteiger partial charge in [0.05, 0.1) is 16.7 Å². The number of aromatic amines is 1. The Labute approximate surface area is 301 Å². The van der Waals surface area contributed by atoms with Gasteiger partial charge >= 0.3 is 18.2 Å². The van der Waals surface area contributed by atoms with Gasteiger partial charge in [-0.3, -0.25) is 10.1 Å². The fourth-order valence-electron chi connectivity index (χ4n) is 5.51. The van der Waals surface area contributed by atoms with E-state index in [0.29, 0.717) is 40.6 Å². The number of methoxy groups -OCH3 is 1. The van der Waals surface area contributed by atoms with E-state index in [2.05, 4.69) is 15.6 Å². The lowest BCUT2D eigenvalue weighted by atomic mass is 10.0. The van der Waals surface area contributed by atoms with Gasteiger partial charge in [-0.25, -0.2) is 22.8 Å². The van der Waals surface area contributed by atoms with Crippen LogP contribution in [0.5, 0.6) is 0 Å². The smallest absolute Gasteiger partial charge is 0.411 e. The Morgan fingerprint density at radius 1 is 0.981 bits per heavy atom. The summed E-state index contributed by atoms with van der Waals surface area (Å²) in [6.45, 7) is 4.91. The number of aromatic nitrogens is 1. The lowest BCUT2D eigenvalue weighted by Gasteiger charge is -2.25. The first-order valence-electron chi connectivity index (χ1n) is 16.5. The van der Waals surface area contributed by atoms with E-state index < -0.39 is 51.0 Å². The molecule has 15 heteroatoms. The molecule has 276 valence electrons. The lowest BCUT2D eigenvalue weighted by Crippen LogP contribution is -2.34. The number of carbonyl (C=O) groups excluding carboxylic acids is 2. The van der Waals surface area contributed by atoms with Crippen molar-refractivity contribution < 1.29 is 42.1 Å². The quantitative estimate of drug-likeness (QED) is 0.126. The monoisotopic (exact) mass is 734 g/mol. The molecule has 4 N–H and O–H groups in total. The summed E-state index contributed by atoms with van der Waals surface area (Å²) in [5.74, 6) is -1.13. The summed E-state index contributed by atoms with van der Waals surface area (Å²) in [6.07, 6.45) is 0.507. The average molecular weight is 735 g/mol. The number of carboxylic acid groups (broad SMARTS) is 1. The van der Waals surface area contributed by atoms with E-state index in [1.165, 1.54) is 37.3 Å². The second kappa shape index (κ2) is 15.5. The predicted octanol–water partition coefficient (Wildman–Crippen LogP) is 6.01. The maximum Gasteiger partial charge on any atom is 0.411 e. The highest BCUT2D eigenvalue weighted by Crippen LogP contribution is 2.36. The van der Waals surface area contributed by atoms with Crippen LogP contribution in [-0.4, -0.2) is 73.2 Å². The molecule has 2 amide bonds. The highest BCUT2D eigenvalue weighted by Gasteiger charge is 2.38. The second-order valence-corrected chi connectivity index (χ2v) is 15.7. The number of carbonyl (C=O) groups is 3. The first kappa shape index (κ1) is 37.8. The average Bonchev–Trinajstić information content (AvgIpc) is 3.94. The van der Waals surface area contributed by atoms with E-state index in [1.807, 2.05) is 0 Å². The van der Waals surface area contributed by atoms with Crippen molar-refractivity contribution in [3.8, 4) is 0 Å². The van der Waals surface area contributed by atoms with Crippen LogP contribution < -0.4 is 16.2 Å². The molecule has 1 aliphatic rings. The topological polar surface area (TPSA) is 193 Å².